The normalized spacial score (nSPS) is 10.7. The van der Waals surface area contributed by atoms with Crippen LogP contribution in [0.3, 0.4) is 0 Å². The molecule has 0 saturated carbocycles. The molecule has 0 unspecified atom stereocenters. The minimum absolute atomic E-state index is 0.112. The number of fused-ring (bicyclic) bond motifs is 1. The summed E-state index contributed by atoms with van der Waals surface area (Å²) in [4.78, 5) is 18.5. The van der Waals surface area contributed by atoms with Gasteiger partial charge in [-0.25, -0.2) is 4.98 Å². The van der Waals surface area contributed by atoms with Gasteiger partial charge in [0.05, 0.1) is 0 Å². The number of rotatable bonds is 2. The minimum atomic E-state index is -0.112. The summed E-state index contributed by atoms with van der Waals surface area (Å²) in [5.41, 5.74) is 3.14. The zero-order valence-corrected chi connectivity index (χ0v) is 11.4. The zero-order valence-electron chi connectivity index (χ0n) is 11.4. The topological polar surface area (TPSA) is 37.6 Å². The van der Waals surface area contributed by atoms with Crippen molar-refractivity contribution in [3.63, 3.8) is 0 Å². The van der Waals surface area contributed by atoms with Crippen LogP contribution in [0, 0.1) is 6.92 Å². The van der Waals surface area contributed by atoms with E-state index in [9.17, 15) is 4.79 Å². The monoisotopic (exact) mass is 265 g/mol. The number of carbonyl (C=O) groups excluding carboxylic acids is 1. The SMILES string of the molecule is Cc1cccc2nc(C(=O)N(C)c3ccccc3)cn12. The first-order valence-corrected chi connectivity index (χ1v) is 6.44. The van der Waals surface area contributed by atoms with E-state index in [-0.39, 0.29) is 5.91 Å². The highest BCUT2D eigenvalue weighted by atomic mass is 16.2. The average molecular weight is 265 g/mol. The predicted molar refractivity (Wildman–Crippen MR) is 79.1 cm³/mol. The highest BCUT2D eigenvalue weighted by Crippen LogP contribution is 2.15. The lowest BCUT2D eigenvalue weighted by molar-refractivity contribution is 0.0989. The van der Waals surface area contributed by atoms with E-state index in [1.165, 1.54) is 0 Å². The number of aryl methyl sites for hydroxylation is 1. The van der Waals surface area contributed by atoms with Gasteiger partial charge in [-0.05, 0) is 31.2 Å². The number of hydrogen-bond acceptors (Lipinski definition) is 2. The predicted octanol–water partition coefficient (Wildman–Crippen LogP) is 2.92. The highest BCUT2D eigenvalue weighted by molar-refractivity contribution is 6.04. The molecule has 0 N–H and O–H groups in total. The van der Waals surface area contributed by atoms with Crippen molar-refractivity contribution in [3.8, 4) is 0 Å². The molecule has 1 amide bonds. The zero-order chi connectivity index (χ0) is 14.1. The number of imidazole rings is 1. The van der Waals surface area contributed by atoms with E-state index < -0.39 is 0 Å². The molecule has 20 heavy (non-hydrogen) atoms. The van der Waals surface area contributed by atoms with E-state index >= 15 is 0 Å². The summed E-state index contributed by atoms with van der Waals surface area (Å²) in [6.45, 7) is 1.99. The number of carbonyl (C=O) groups is 1. The lowest BCUT2D eigenvalue weighted by Gasteiger charge is -2.15. The fraction of sp³-hybridized carbons (Fsp3) is 0.125. The third kappa shape index (κ3) is 2.05. The number of benzene rings is 1. The van der Waals surface area contributed by atoms with E-state index in [0.29, 0.717) is 5.69 Å². The van der Waals surface area contributed by atoms with E-state index in [1.807, 2.05) is 59.9 Å². The van der Waals surface area contributed by atoms with Crippen molar-refractivity contribution in [1.29, 1.82) is 0 Å². The van der Waals surface area contributed by atoms with Gasteiger partial charge in [0, 0.05) is 24.6 Å². The van der Waals surface area contributed by atoms with Gasteiger partial charge in [0.2, 0.25) is 0 Å². The molecule has 3 rings (SSSR count). The van der Waals surface area contributed by atoms with Gasteiger partial charge in [0.15, 0.2) is 0 Å². The van der Waals surface area contributed by atoms with Gasteiger partial charge in [-0.3, -0.25) is 4.79 Å². The van der Waals surface area contributed by atoms with Gasteiger partial charge in [-0.1, -0.05) is 24.3 Å². The van der Waals surface area contributed by atoms with E-state index in [0.717, 1.165) is 17.0 Å². The molecule has 0 radical (unpaired) electrons. The van der Waals surface area contributed by atoms with Crippen LogP contribution in [-0.2, 0) is 0 Å². The average Bonchev–Trinajstić information content (AvgIpc) is 2.92. The number of anilines is 1. The number of amides is 1. The standard InChI is InChI=1S/C16H15N3O/c1-12-7-6-10-15-17-14(11-19(12)15)16(20)18(2)13-8-4-3-5-9-13/h3-11H,1-2H3. The van der Waals surface area contributed by atoms with Gasteiger partial charge >= 0.3 is 0 Å². The second-order valence-electron chi connectivity index (χ2n) is 4.72. The van der Waals surface area contributed by atoms with Crippen molar-refractivity contribution in [2.75, 3.05) is 11.9 Å². The van der Waals surface area contributed by atoms with Crippen molar-refractivity contribution in [1.82, 2.24) is 9.38 Å². The van der Waals surface area contributed by atoms with Gasteiger partial charge in [-0.15, -0.1) is 0 Å². The molecule has 0 aliphatic carbocycles. The second-order valence-corrected chi connectivity index (χ2v) is 4.72. The Morgan fingerprint density at radius 2 is 1.85 bits per heavy atom. The molecule has 0 aliphatic rings. The molecule has 2 heterocycles. The summed E-state index contributed by atoms with van der Waals surface area (Å²) in [6, 6.07) is 15.4. The molecule has 1 aromatic carbocycles. The van der Waals surface area contributed by atoms with Crippen LogP contribution in [0.1, 0.15) is 16.2 Å². The van der Waals surface area contributed by atoms with Crippen LogP contribution in [-0.4, -0.2) is 22.3 Å². The summed E-state index contributed by atoms with van der Waals surface area (Å²) >= 11 is 0. The minimum Gasteiger partial charge on any atom is -0.310 e. The number of para-hydroxylation sites is 1. The van der Waals surface area contributed by atoms with Crippen molar-refractivity contribution in [2.45, 2.75) is 6.92 Å². The Morgan fingerprint density at radius 3 is 2.55 bits per heavy atom. The van der Waals surface area contributed by atoms with Crippen LogP contribution >= 0.6 is 0 Å². The molecule has 0 aliphatic heterocycles. The summed E-state index contributed by atoms with van der Waals surface area (Å²) < 4.78 is 1.92. The van der Waals surface area contributed by atoms with Gasteiger partial charge < -0.3 is 9.30 Å². The van der Waals surface area contributed by atoms with Crippen LogP contribution in [0.25, 0.3) is 5.65 Å². The van der Waals surface area contributed by atoms with E-state index in [2.05, 4.69) is 4.98 Å². The summed E-state index contributed by atoms with van der Waals surface area (Å²) in [7, 11) is 1.76. The Kier molecular flexibility index (Phi) is 2.99. The van der Waals surface area contributed by atoms with Crippen LogP contribution in [0.2, 0.25) is 0 Å². The first-order chi connectivity index (χ1) is 9.66. The highest BCUT2D eigenvalue weighted by Gasteiger charge is 2.17. The summed E-state index contributed by atoms with van der Waals surface area (Å²) in [5, 5.41) is 0. The van der Waals surface area contributed by atoms with Gasteiger partial charge in [-0.2, -0.15) is 0 Å². The maximum Gasteiger partial charge on any atom is 0.278 e. The Labute approximate surface area is 117 Å². The van der Waals surface area contributed by atoms with E-state index in [1.54, 1.807) is 18.1 Å². The van der Waals surface area contributed by atoms with Crippen LogP contribution in [0.15, 0.2) is 54.7 Å². The molecule has 3 aromatic rings. The summed E-state index contributed by atoms with van der Waals surface area (Å²) in [5.74, 6) is -0.112. The van der Waals surface area contributed by atoms with Crippen molar-refractivity contribution >= 4 is 17.2 Å². The quantitative estimate of drug-likeness (QED) is 0.714. The van der Waals surface area contributed by atoms with Crippen LogP contribution in [0.4, 0.5) is 5.69 Å². The van der Waals surface area contributed by atoms with Gasteiger partial charge in [0.25, 0.3) is 5.91 Å². The maximum atomic E-state index is 12.5. The molecule has 4 nitrogen and oxygen atoms in total. The summed E-state index contributed by atoms with van der Waals surface area (Å²) in [6.07, 6.45) is 1.78. The fourth-order valence-corrected chi connectivity index (χ4v) is 2.19. The fourth-order valence-electron chi connectivity index (χ4n) is 2.19. The van der Waals surface area contributed by atoms with E-state index in [4.69, 9.17) is 0 Å². The van der Waals surface area contributed by atoms with Crippen molar-refractivity contribution < 1.29 is 4.79 Å². The smallest absolute Gasteiger partial charge is 0.278 e. The molecular formula is C16H15N3O. The molecule has 0 spiro atoms. The lowest BCUT2D eigenvalue weighted by atomic mass is 10.3. The Hall–Kier alpha value is -2.62. The first kappa shape index (κ1) is 12.4. The third-order valence-corrected chi connectivity index (χ3v) is 3.36. The third-order valence-electron chi connectivity index (χ3n) is 3.36. The first-order valence-electron chi connectivity index (χ1n) is 6.44. The number of pyridine rings is 1. The maximum absolute atomic E-state index is 12.5. The number of aromatic nitrogens is 2. The van der Waals surface area contributed by atoms with Crippen LogP contribution < -0.4 is 4.90 Å². The Bertz CT molecular complexity index is 762. The molecule has 0 bridgehead atoms. The molecule has 100 valence electrons. The number of hydrogen-bond donors (Lipinski definition) is 0. The Balaban J connectivity index is 1.99. The second kappa shape index (κ2) is 4.81. The molecule has 4 heteroatoms. The van der Waals surface area contributed by atoms with Crippen molar-refractivity contribution in [3.05, 3.63) is 66.1 Å². The molecule has 0 atom stereocenters. The Morgan fingerprint density at radius 1 is 1.10 bits per heavy atom. The van der Waals surface area contributed by atoms with Crippen LogP contribution in [0.5, 0.6) is 0 Å². The molecule has 2 aromatic heterocycles. The molecular weight excluding hydrogens is 250 g/mol. The van der Waals surface area contributed by atoms with Crippen molar-refractivity contribution in [2.24, 2.45) is 0 Å². The number of nitrogens with zero attached hydrogens (tertiary/aromatic N) is 3. The molecule has 0 fully saturated rings. The van der Waals surface area contributed by atoms with Gasteiger partial charge in [0.1, 0.15) is 11.3 Å². The lowest BCUT2D eigenvalue weighted by Crippen LogP contribution is -2.26. The largest absolute Gasteiger partial charge is 0.310 e. The molecule has 0 saturated heterocycles.